The molecule has 0 aliphatic heterocycles. The minimum absolute atomic E-state index is 0.0406. The van der Waals surface area contributed by atoms with Gasteiger partial charge in [0.25, 0.3) is 0 Å². The van der Waals surface area contributed by atoms with Crippen LogP contribution >= 0.6 is 0 Å². The first-order valence-electron chi connectivity index (χ1n) is 5.90. The Bertz CT molecular complexity index is 472. The lowest BCUT2D eigenvalue weighted by atomic mass is 10.2. The second-order valence-electron chi connectivity index (χ2n) is 4.57. The largest absolute Gasteiger partial charge is 0.398 e. The predicted molar refractivity (Wildman–Crippen MR) is 74.7 cm³/mol. The van der Waals surface area contributed by atoms with E-state index in [1.165, 1.54) is 0 Å². The molecule has 2 atom stereocenters. The minimum atomic E-state index is -1.39. The van der Waals surface area contributed by atoms with E-state index in [2.05, 4.69) is 5.32 Å². The van der Waals surface area contributed by atoms with Gasteiger partial charge in [-0.2, -0.15) is 0 Å². The van der Waals surface area contributed by atoms with E-state index in [4.69, 9.17) is 5.73 Å². The lowest BCUT2D eigenvalue weighted by molar-refractivity contribution is -0.120. The number of benzene rings is 1. The van der Waals surface area contributed by atoms with E-state index < -0.39 is 16.0 Å². The summed E-state index contributed by atoms with van der Waals surface area (Å²) in [4.78, 5) is 12.5. The number of hydrogen-bond donors (Lipinski definition) is 2. The van der Waals surface area contributed by atoms with Gasteiger partial charge >= 0.3 is 0 Å². The number of nitrogens with one attached hydrogen (secondary N) is 1. The number of rotatable bonds is 4. The number of nitrogens with two attached hydrogens (primary N) is 1. The molecular formula is C13H20N2O2S. The van der Waals surface area contributed by atoms with E-state index in [0.717, 1.165) is 5.56 Å². The maximum absolute atomic E-state index is 12.3. The van der Waals surface area contributed by atoms with Crippen molar-refractivity contribution in [1.82, 2.24) is 5.32 Å². The van der Waals surface area contributed by atoms with Crippen LogP contribution in [0.5, 0.6) is 0 Å². The summed E-state index contributed by atoms with van der Waals surface area (Å²) < 4.78 is 12.3. The molecule has 0 aliphatic carbocycles. The Kier molecular flexibility index (Phi) is 4.90. The molecule has 0 bridgehead atoms. The second kappa shape index (κ2) is 6.00. The summed E-state index contributed by atoms with van der Waals surface area (Å²) in [5.74, 6) is -0.204. The van der Waals surface area contributed by atoms with Crippen molar-refractivity contribution >= 4 is 22.4 Å². The lowest BCUT2D eigenvalue weighted by Gasteiger charge is -2.16. The lowest BCUT2D eigenvalue weighted by Crippen LogP contribution is -2.39. The molecule has 18 heavy (non-hydrogen) atoms. The Morgan fingerprint density at radius 1 is 1.33 bits per heavy atom. The summed E-state index contributed by atoms with van der Waals surface area (Å²) in [6.45, 7) is 7.23. The van der Waals surface area contributed by atoms with Crippen LogP contribution in [0.4, 0.5) is 5.69 Å². The van der Waals surface area contributed by atoms with Crippen molar-refractivity contribution in [3.8, 4) is 0 Å². The van der Waals surface area contributed by atoms with Gasteiger partial charge in [0.2, 0.25) is 5.91 Å². The number of anilines is 1. The molecule has 0 spiro atoms. The molecular weight excluding hydrogens is 248 g/mol. The topological polar surface area (TPSA) is 72.2 Å². The molecule has 0 heterocycles. The van der Waals surface area contributed by atoms with Gasteiger partial charge in [-0.05, 0) is 45.4 Å². The Balaban J connectivity index is 2.93. The summed E-state index contributed by atoms with van der Waals surface area (Å²) in [5.41, 5.74) is 7.15. The molecule has 0 fully saturated rings. The van der Waals surface area contributed by atoms with Crippen LogP contribution in [0.2, 0.25) is 0 Å². The molecule has 1 aromatic carbocycles. The van der Waals surface area contributed by atoms with Crippen molar-refractivity contribution in [1.29, 1.82) is 0 Å². The highest BCUT2D eigenvalue weighted by atomic mass is 32.2. The molecule has 0 aliphatic rings. The van der Waals surface area contributed by atoms with Gasteiger partial charge in [0, 0.05) is 16.6 Å². The van der Waals surface area contributed by atoms with Crippen molar-refractivity contribution in [2.75, 3.05) is 5.73 Å². The fraction of sp³-hybridized carbons (Fsp3) is 0.462. The van der Waals surface area contributed by atoms with Gasteiger partial charge in [-0.3, -0.25) is 9.00 Å². The van der Waals surface area contributed by atoms with Gasteiger partial charge in [-0.15, -0.1) is 0 Å². The van der Waals surface area contributed by atoms with E-state index in [-0.39, 0.29) is 11.9 Å². The summed E-state index contributed by atoms with van der Waals surface area (Å²) >= 11 is 0. The molecule has 3 N–H and O–H groups in total. The molecule has 4 nitrogen and oxygen atoms in total. The number of carbonyl (C=O) groups excluding carboxylic acids is 1. The fourth-order valence-electron chi connectivity index (χ4n) is 1.54. The summed E-state index contributed by atoms with van der Waals surface area (Å²) in [6.07, 6.45) is 0. The quantitative estimate of drug-likeness (QED) is 0.815. The van der Waals surface area contributed by atoms with Crippen molar-refractivity contribution in [2.45, 2.75) is 43.9 Å². The zero-order valence-electron chi connectivity index (χ0n) is 11.2. The Hall–Kier alpha value is -1.36. The Morgan fingerprint density at radius 2 is 1.94 bits per heavy atom. The first-order chi connectivity index (χ1) is 8.34. The molecule has 5 heteroatoms. The Morgan fingerprint density at radius 3 is 2.50 bits per heavy atom. The van der Waals surface area contributed by atoms with Crippen LogP contribution in [-0.4, -0.2) is 21.4 Å². The molecule has 100 valence electrons. The van der Waals surface area contributed by atoms with Crippen molar-refractivity contribution in [2.24, 2.45) is 0 Å². The van der Waals surface area contributed by atoms with Gasteiger partial charge in [0.15, 0.2) is 0 Å². The van der Waals surface area contributed by atoms with Gasteiger partial charge in [-0.1, -0.05) is 6.07 Å². The molecule has 1 rings (SSSR count). The van der Waals surface area contributed by atoms with Crippen LogP contribution in [0.1, 0.15) is 26.3 Å². The first kappa shape index (κ1) is 14.7. The van der Waals surface area contributed by atoms with Crippen LogP contribution in [0.25, 0.3) is 0 Å². The summed E-state index contributed by atoms with van der Waals surface area (Å²) in [6, 6.07) is 5.30. The number of carbonyl (C=O) groups is 1. The van der Waals surface area contributed by atoms with Gasteiger partial charge in [0.1, 0.15) is 5.25 Å². The normalized spacial score (nSPS) is 14.3. The average molecular weight is 268 g/mol. The molecule has 1 amide bonds. The highest BCUT2D eigenvalue weighted by Gasteiger charge is 2.23. The molecule has 1 aromatic rings. The zero-order chi connectivity index (χ0) is 13.9. The van der Waals surface area contributed by atoms with E-state index >= 15 is 0 Å². The zero-order valence-corrected chi connectivity index (χ0v) is 12.0. The smallest absolute Gasteiger partial charge is 0.236 e. The second-order valence-corrected chi connectivity index (χ2v) is 6.32. The van der Waals surface area contributed by atoms with Crippen LogP contribution in [0, 0.1) is 6.92 Å². The SMILES string of the molecule is Cc1c(N)cccc1S(=O)C(C)C(=O)NC(C)C. The molecule has 0 radical (unpaired) electrons. The fourth-order valence-corrected chi connectivity index (χ4v) is 2.81. The number of amides is 1. The van der Waals surface area contributed by atoms with Crippen LogP contribution in [-0.2, 0) is 15.6 Å². The molecule has 2 unspecified atom stereocenters. The highest BCUT2D eigenvalue weighted by Crippen LogP contribution is 2.21. The standard InChI is InChI=1S/C13H20N2O2S/c1-8(2)15-13(16)10(4)18(17)12-7-5-6-11(14)9(12)3/h5-8,10H,14H2,1-4H3,(H,15,16). The number of hydrogen-bond acceptors (Lipinski definition) is 3. The van der Waals surface area contributed by atoms with Gasteiger partial charge in [-0.25, -0.2) is 0 Å². The summed E-state index contributed by atoms with van der Waals surface area (Å²) in [7, 11) is -1.39. The third-order valence-electron chi connectivity index (χ3n) is 2.66. The van der Waals surface area contributed by atoms with E-state index in [0.29, 0.717) is 10.6 Å². The van der Waals surface area contributed by atoms with Crippen molar-refractivity contribution in [3.05, 3.63) is 23.8 Å². The average Bonchev–Trinajstić information content (AvgIpc) is 2.30. The monoisotopic (exact) mass is 268 g/mol. The van der Waals surface area contributed by atoms with E-state index in [9.17, 15) is 9.00 Å². The highest BCUT2D eigenvalue weighted by molar-refractivity contribution is 7.86. The molecule has 0 saturated heterocycles. The first-order valence-corrected chi connectivity index (χ1v) is 7.12. The van der Waals surface area contributed by atoms with Crippen molar-refractivity contribution < 1.29 is 9.00 Å². The van der Waals surface area contributed by atoms with E-state index in [1.54, 1.807) is 25.1 Å². The number of nitrogen functional groups attached to an aromatic ring is 1. The third-order valence-corrected chi connectivity index (χ3v) is 4.40. The van der Waals surface area contributed by atoms with E-state index in [1.807, 2.05) is 20.8 Å². The molecule has 0 saturated carbocycles. The van der Waals surface area contributed by atoms with Gasteiger partial charge < -0.3 is 11.1 Å². The van der Waals surface area contributed by atoms with Crippen LogP contribution in [0.3, 0.4) is 0 Å². The van der Waals surface area contributed by atoms with Gasteiger partial charge in [0.05, 0.1) is 10.8 Å². The van der Waals surface area contributed by atoms with Crippen LogP contribution in [0.15, 0.2) is 23.1 Å². The maximum atomic E-state index is 12.3. The third kappa shape index (κ3) is 3.32. The minimum Gasteiger partial charge on any atom is -0.398 e. The maximum Gasteiger partial charge on any atom is 0.236 e. The van der Waals surface area contributed by atoms with Crippen LogP contribution < -0.4 is 11.1 Å². The van der Waals surface area contributed by atoms with Crippen molar-refractivity contribution in [3.63, 3.8) is 0 Å². The summed E-state index contributed by atoms with van der Waals surface area (Å²) in [5, 5.41) is 2.17. The predicted octanol–water partition coefficient (Wildman–Crippen LogP) is 1.60. The Labute approximate surface area is 110 Å². The molecule has 0 aromatic heterocycles.